The quantitative estimate of drug-likeness (QED) is 0.813. The van der Waals surface area contributed by atoms with Crippen molar-refractivity contribution >= 4 is 11.6 Å². The van der Waals surface area contributed by atoms with Crippen LogP contribution in [0, 0.1) is 0 Å². The molecule has 108 valence electrons. The third kappa shape index (κ3) is 4.96. The monoisotopic (exact) mass is 293 g/mol. The summed E-state index contributed by atoms with van der Waals surface area (Å²) >= 11 is 6.02. The maximum absolute atomic E-state index is 9.01. The fourth-order valence-electron chi connectivity index (χ4n) is 2.13. The molecule has 0 spiro atoms. The maximum Gasteiger partial charge on any atom is 0.0946 e. The topological polar surface area (TPSA) is 41.3 Å². The molecule has 0 radical (unpaired) electrons. The van der Waals surface area contributed by atoms with E-state index >= 15 is 0 Å². The Labute approximate surface area is 124 Å². The lowest BCUT2D eigenvalue weighted by Gasteiger charge is -2.22. The molecule has 0 bridgehead atoms. The molecule has 20 heavy (non-hydrogen) atoms. The van der Waals surface area contributed by atoms with Crippen LogP contribution in [-0.2, 0) is 13.1 Å². The van der Waals surface area contributed by atoms with Crippen LogP contribution in [0.5, 0.6) is 0 Å². The fraction of sp³-hybridized carbons (Fsp3) is 0.400. The third-order valence-corrected chi connectivity index (χ3v) is 3.40. The van der Waals surface area contributed by atoms with Crippen molar-refractivity contribution in [2.75, 3.05) is 19.7 Å². The number of hydrogen-bond donors (Lipinski definition) is 1. The minimum atomic E-state index is 0.219. The van der Waals surface area contributed by atoms with Gasteiger partial charge in [0.15, 0.2) is 0 Å². The highest BCUT2D eigenvalue weighted by Crippen LogP contribution is 2.13. The zero-order chi connectivity index (χ0) is 14.2. The summed E-state index contributed by atoms with van der Waals surface area (Å²) in [5.74, 6) is 0. The van der Waals surface area contributed by atoms with E-state index in [1.54, 1.807) is 6.20 Å². The fourth-order valence-corrected chi connectivity index (χ4v) is 2.35. The zero-order valence-electron chi connectivity index (χ0n) is 11.5. The number of imidazole rings is 1. The van der Waals surface area contributed by atoms with Crippen molar-refractivity contribution < 1.29 is 5.11 Å². The van der Waals surface area contributed by atoms with Gasteiger partial charge in [0.2, 0.25) is 0 Å². The first-order valence-corrected chi connectivity index (χ1v) is 7.19. The normalized spacial score (nSPS) is 11.2. The van der Waals surface area contributed by atoms with E-state index in [1.807, 2.05) is 30.7 Å². The predicted molar refractivity (Wildman–Crippen MR) is 80.7 cm³/mol. The molecule has 0 aliphatic carbocycles. The van der Waals surface area contributed by atoms with Gasteiger partial charge in [-0.2, -0.15) is 0 Å². The Kier molecular flexibility index (Phi) is 6.05. The van der Waals surface area contributed by atoms with Gasteiger partial charge >= 0.3 is 0 Å². The summed E-state index contributed by atoms with van der Waals surface area (Å²) in [6, 6.07) is 7.92. The van der Waals surface area contributed by atoms with Crippen molar-refractivity contribution in [2.45, 2.75) is 19.5 Å². The second-order valence-corrected chi connectivity index (χ2v) is 5.22. The van der Waals surface area contributed by atoms with Gasteiger partial charge in [-0.1, -0.05) is 23.7 Å². The van der Waals surface area contributed by atoms with Crippen molar-refractivity contribution in [3.8, 4) is 0 Å². The van der Waals surface area contributed by atoms with Crippen LogP contribution in [0.4, 0.5) is 0 Å². The molecule has 4 nitrogen and oxygen atoms in total. The van der Waals surface area contributed by atoms with Crippen LogP contribution in [-0.4, -0.2) is 39.3 Å². The Hall–Kier alpha value is -1.36. The number of aromatic nitrogens is 2. The second kappa shape index (κ2) is 8.04. The Bertz CT molecular complexity index is 502. The minimum Gasteiger partial charge on any atom is -0.396 e. The van der Waals surface area contributed by atoms with E-state index in [-0.39, 0.29) is 6.61 Å². The van der Waals surface area contributed by atoms with Crippen LogP contribution in [0.3, 0.4) is 0 Å². The van der Waals surface area contributed by atoms with Crippen LogP contribution in [0.1, 0.15) is 12.0 Å². The molecule has 0 saturated heterocycles. The van der Waals surface area contributed by atoms with Crippen molar-refractivity contribution in [3.63, 3.8) is 0 Å². The van der Waals surface area contributed by atoms with Crippen LogP contribution < -0.4 is 0 Å². The van der Waals surface area contributed by atoms with E-state index in [4.69, 9.17) is 16.7 Å². The van der Waals surface area contributed by atoms with Crippen molar-refractivity contribution in [2.24, 2.45) is 0 Å². The van der Waals surface area contributed by atoms with E-state index in [2.05, 4.69) is 20.5 Å². The van der Waals surface area contributed by atoms with Gasteiger partial charge in [0, 0.05) is 50.2 Å². The lowest BCUT2D eigenvalue weighted by molar-refractivity contribution is 0.213. The lowest BCUT2D eigenvalue weighted by atomic mass is 10.2. The number of halogens is 1. The minimum absolute atomic E-state index is 0.219. The van der Waals surface area contributed by atoms with Crippen molar-refractivity contribution in [3.05, 3.63) is 53.6 Å². The van der Waals surface area contributed by atoms with E-state index < -0.39 is 0 Å². The van der Waals surface area contributed by atoms with Gasteiger partial charge in [0.05, 0.1) is 6.33 Å². The standard InChI is InChI=1S/C15H20ClN3O/c16-15-4-1-3-14(11-15)12-18(6-2-10-20)8-9-19-7-5-17-13-19/h1,3-5,7,11,13,20H,2,6,8-10,12H2. The maximum atomic E-state index is 9.01. The predicted octanol–water partition coefficient (Wildman–Crippen LogP) is 2.42. The van der Waals surface area contributed by atoms with Gasteiger partial charge in [-0.15, -0.1) is 0 Å². The van der Waals surface area contributed by atoms with Gasteiger partial charge in [-0.25, -0.2) is 4.98 Å². The molecule has 0 aliphatic rings. The number of rotatable bonds is 8. The zero-order valence-corrected chi connectivity index (χ0v) is 12.2. The Morgan fingerprint density at radius 2 is 2.20 bits per heavy atom. The first-order chi connectivity index (χ1) is 9.78. The lowest BCUT2D eigenvalue weighted by Crippen LogP contribution is -2.28. The Morgan fingerprint density at radius 3 is 2.90 bits per heavy atom. The molecular formula is C15H20ClN3O. The molecular weight excluding hydrogens is 274 g/mol. The van der Waals surface area contributed by atoms with Gasteiger partial charge < -0.3 is 9.67 Å². The summed E-state index contributed by atoms with van der Waals surface area (Å²) in [5.41, 5.74) is 1.20. The van der Waals surface area contributed by atoms with E-state index in [1.165, 1.54) is 5.56 Å². The average Bonchev–Trinajstić information content (AvgIpc) is 2.95. The summed E-state index contributed by atoms with van der Waals surface area (Å²) in [5, 5.41) is 9.78. The SMILES string of the molecule is OCCCN(CCn1ccnc1)Cc1cccc(Cl)c1. The number of hydrogen-bond acceptors (Lipinski definition) is 3. The largest absolute Gasteiger partial charge is 0.396 e. The average molecular weight is 294 g/mol. The molecule has 2 rings (SSSR count). The molecule has 0 saturated carbocycles. The number of aliphatic hydroxyl groups is 1. The number of benzene rings is 1. The molecule has 5 heteroatoms. The van der Waals surface area contributed by atoms with Crippen LogP contribution in [0.2, 0.25) is 5.02 Å². The highest BCUT2D eigenvalue weighted by molar-refractivity contribution is 6.30. The molecule has 0 fully saturated rings. The molecule has 1 N–H and O–H groups in total. The summed E-state index contributed by atoms with van der Waals surface area (Å²) in [6.07, 6.45) is 6.35. The van der Waals surface area contributed by atoms with Crippen LogP contribution >= 0.6 is 11.6 Å². The van der Waals surface area contributed by atoms with Gasteiger partial charge in [-0.05, 0) is 24.1 Å². The summed E-state index contributed by atoms with van der Waals surface area (Å²) < 4.78 is 2.06. The summed E-state index contributed by atoms with van der Waals surface area (Å²) in [7, 11) is 0. The van der Waals surface area contributed by atoms with Gasteiger partial charge in [0.1, 0.15) is 0 Å². The van der Waals surface area contributed by atoms with E-state index in [9.17, 15) is 0 Å². The summed E-state index contributed by atoms with van der Waals surface area (Å²) in [6.45, 7) is 3.75. The smallest absolute Gasteiger partial charge is 0.0946 e. The first-order valence-electron chi connectivity index (χ1n) is 6.81. The Morgan fingerprint density at radius 1 is 1.30 bits per heavy atom. The molecule has 1 aromatic carbocycles. The number of aliphatic hydroxyl groups excluding tert-OH is 1. The molecule has 0 atom stereocenters. The first kappa shape index (κ1) is 15.0. The van der Waals surface area contributed by atoms with Crippen LogP contribution in [0.25, 0.3) is 0 Å². The highest BCUT2D eigenvalue weighted by atomic mass is 35.5. The second-order valence-electron chi connectivity index (χ2n) is 4.78. The van der Waals surface area contributed by atoms with Gasteiger partial charge in [-0.3, -0.25) is 4.90 Å². The van der Waals surface area contributed by atoms with E-state index in [0.717, 1.165) is 37.6 Å². The van der Waals surface area contributed by atoms with Crippen molar-refractivity contribution in [1.82, 2.24) is 14.5 Å². The third-order valence-electron chi connectivity index (χ3n) is 3.16. The highest BCUT2D eigenvalue weighted by Gasteiger charge is 2.06. The van der Waals surface area contributed by atoms with E-state index in [0.29, 0.717) is 0 Å². The molecule has 1 heterocycles. The van der Waals surface area contributed by atoms with Crippen LogP contribution in [0.15, 0.2) is 43.0 Å². The molecule has 0 amide bonds. The summed E-state index contributed by atoms with van der Waals surface area (Å²) in [4.78, 5) is 6.37. The Balaban J connectivity index is 1.92. The molecule has 0 unspecified atom stereocenters. The number of nitrogens with zero attached hydrogens (tertiary/aromatic N) is 3. The van der Waals surface area contributed by atoms with Gasteiger partial charge in [0.25, 0.3) is 0 Å². The molecule has 1 aromatic heterocycles. The molecule has 2 aromatic rings. The van der Waals surface area contributed by atoms with Crippen molar-refractivity contribution in [1.29, 1.82) is 0 Å². The molecule has 0 aliphatic heterocycles.